The molecule has 1 saturated heterocycles. The number of piperidine rings is 1. The first-order chi connectivity index (χ1) is 8.98. The van der Waals surface area contributed by atoms with Gasteiger partial charge < -0.3 is 0 Å². The van der Waals surface area contributed by atoms with Gasteiger partial charge in [0.25, 0.3) is 10.0 Å². The lowest BCUT2D eigenvalue weighted by molar-refractivity contribution is 0.247. The number of hydrogen-bond donors (Lipinski definition) is 0. The van der Waals surface area contributed by atoms with E-state index in [1.54, 1.807) is 11.4 Å². The number of halogens is 2. The van der Waals surface area contributed by atoms with Gasteiger partial charge in [-0.05, 0) is 19.3 Å². The molecule has 5 nitrogen and oxygen atoms in total. The minimum absolute atomic E-state index is 0.0455. The quantitative estimate of drug-likeness (QED) is 0.765. The smallest absolute Gasteiger partial charge is 0.255 e. The van der Waals surface area contributed by atoms with Crippen molar-refractivity contribution in [3.05, 3.63) is 11.2 Å². The standard InChI is InChI=1S/C11H17BrClN3O2S/c1-15-11(10(13)8-14-15)19(17,18)16-7-3-2-4-9(16)5-6-12/h8-9H,2-7H2,1H3. The van der Waals surface area contributed by atoms with E-state index in [-0.39, 0.29) is 16.1 Å². The van der Waals surface area contributed by atoms with Crippen molar-refractivity contribution >= 4 is 37.6 Å². The Morgan fingerprint density at radius 1 is 1.53 bits per heavy atom. The first-order valence-corrected chi connectivity index (χ1v) is 9.17. The molecule has 1 aliphatic rings. The van der Waals surface area contributed by atoms with Gasteiger partial charge in [0.15, 0.2) is 5.03 Å². The van der Waals surface area contributed by atoms with Gasteiger partial charge in [0.2, 0.25) is 0 Å². The van der Waals surface area contributed by atoms with Crippen molar-refractivity contribution in [3.63, 3.8) is 0 Å². The predicted octanol–water partition coefficient (Wildman–Crippen LogP) is 2.40. The second-order valence-electron chi connectivity index (χ2n) is 4.66. The summed E-state index contributed by atoms with van der Waals surface area (Å²) in [6, 6.07) is 0.0455. The summed E-state index contributed by atoms with van der Waals surface area (Å²) in [4.78, 5) is 0. The minimum atomic E-state index is -3.57. The molecule has 8 heteroatoms. The fourth-order valence-corrected chi connectivity index (χ4v) is 5.37. The molecule has 1 aliphatic heterocycles. The number of rotatable bonds is 4. The van der Waals surface area contributed by atoms with Crippen molar-refractivity contribution in [1.82, 2.24) is 14.1 Å². The van der Waals surface area contributed by atoms with Crippen LogP contribution in [0.5, 0.6) is 0 Å². The number of sulfonamides is 1. The van der Waals surface area contributed by atoms with E-state index in [1.807, 2.05) is 0 Å². The highest BCUT2D eigenvalue weighted by Crippen LogP contribution is 2.30. The Labute approximate surface area is 127 Å². The molecule has 1 aromatic heterocycles. The summed E-state index contributed by atoms with van der Waals surface area (Å²) in [5.74, 6) is 0. The lowest BCUT2D eigenvalue weighted by atomic mass is 10.0. The topological polar surface area (TPSA) is 55.2 Å². The van der Waals surface area contributed by atoms with Gasteiger partial charge in [-0.15, -0.1) is 0 Å². The molecule has 0 aliphatic carbocycles. The Hall–Kier alpha value is -0.110. The molecule has 1 unspecified atom stereocenters. The monoisotopic (exact) mass is 369 g/mol. The molecular formula is C11H17BrClN3O2S. The van der Waals surface area contributed by atoms with Crippen molar-refractivity contribution in [2.45, 2.75) is 36.8 Å². The Kier molecular flexibility index (Phi) is 4.92. The number of alkyl halides is 1. The van der Waals surface area contributed by atoms with E-state index in [9.17, 15) is 8.42 Å². The largest absolute Gasteiger partial charge is 0.261 e. The SMILES string of the molecule is Cn1ncc(Cl)c1S(=O)(=O)N1CCCCC1CCBr. The summed E-state index contributed by atoms with van der Waals surface area (Å²) >= 11 is 9.37. The lowest BCUT2D eigenvalue weighted by Gasteiger charge is -2.34. The van der Waals surface area contributed by atoms with E-state index >= 15 is 0 Å². The highest BCUT2D eigenvalue weighted by atomic mass is 79.9. The molecule has 108 valence electrons. The van der Waals surface area contributed by atoms with Crippen molar-refractivity contribution in [1.29, 1.82) is 0 Å². The van der Waals surface area contributed by atoms with Crippen LogP contribution in [0.2, 0.25) is 5.02 Å². The molecule has 0 aromatic carbocycles. The third-order valence-corrected chi connectivity index (χ3v) is 6.33. The number of aryl methyl sites for hydroxylation is 1. The van der Waals surface area contributed by atoms with E-state index in [1.165, 1.54) is 10.9 Å². The summed E-state index contributed by atoms with van der Waals surface area (Å²) in [6.45, 7) is 0.557. The van der Waals surface area contributed by atoms with Crippen molar-refractivity contribution in [3.8, 4) is 0 Å². The second kappa shape index (κ2) is 6.11. The zero-order valence-corrected chi connectivity index (χ0v) is 13.9. The summed E-state index contributed by atoms with van der Waals surface area (Å²) in [5.41, 5.74) is 0. The fourth-order valence-electron chi connectivity index (χ4n) is 2.51. The van der Waals surface area contributed by atoms with Crippen LogP contribution in [0.15, 0.2) is 11.2 Å². The lowest BCUT2D eigenvalue weighted by Crippen LogP contribution is -2.44. The van der Waals surface area contributed by atoms with Crippen LogP contribution in [0.4, 0.5) is 0 Å². The second-order valence-corrected chi connectivity index (χ2v) is 7.67. The van der Waals surface area contributed by atoms with Crippen molar-refractivity contribution < 1.29 is 8.42 Å². The molecule has 0 N–H and O–H groups in total. The number of nitrogens with zero attached hydrogens (tertiary/aromatic N) is 3. The average Bonchev–Trinajstić information content (AvgIpc) is 2.70. The maximum atomic E-state index is 12.7. The van der Waals surface area contributed by atoms with Gasteiger partial charge in [-0.25, -0.2) is 8.42 Å². The van der Waals surface area contributed by atoms with Gasteiger partial charge in [0, 0.05) is 25.0 Å². The van der Waals surface area contributed by atoms with E-state index < -0.39 is 10.0 Å². The Morgan fingerprint density at radius 3 is 2.84 bits per heavy atom. The van der Waals surface area contributed by atoms with Gasteiger partial charge in [-0.2, -0.15) is 9.40 Å². The van der Waals surface area contributed by atoms with Crippen LogP contribution in [0, 0.1) is 0 Å². The molecule has 0 spiro atoms. The summed E-state index contributed by atoms with van der Waals surface area (Å²) < 4.78 is 28.4. The van der Waals surface area contributed by atoms with Crippen LogP contribution >= 0.6 is 27.5 Å². The average molecular weight is 371 g/mol. The Morgan fingerprint density at radius 2 is 2.26 bits per heavy atom. The van der Waals surface area contributed by atoms with Crippen LogP contribution < -0.4 is 0 Å². The third-order valence-electron chi connectivity index (χ3n) is 3.41. The van der Waals surface area contributed by atoms with Crippen LogP contribution in [0.3, 0.4) is 0 Å². The Bertz CT molecular complexity index is 525. The van der Waals surface area contributed by atoms with Crippen LogP contribution in [0.25, 0.3) is 0 Å². The molecule has 0 bridgehead atoms. The first-order valence-electron chi connectivity index (χ1n) is 6.23. The van der Waals surface area contributed by atoms with Gasteiger partial charge in [-0.1, -0.05) is 34.0 Å². The summed E-state index contributed by atoms with van der Waals surface area (Å²) in [5, 5.41) is 4.99. The zero-order valence-electron chi connectivity index (χ0n) is 10.7. The first kappa shape index (κ1) is 15.3. The molecule has 0 amide bonds. The van der Waals surface area contributed by atoms with Gasteiger partial charge in [0.1, 0.15) is 0 Å². The van der Waals surface area contributed by atoms with Crippen LogP contribution in [-0.2, 0) is 17.1 Å². The maximum absolute atomic E-state index is 12.7. The molecule has 0 saturated carbocycles. The van der Waals surface area contributed by atoms with E-state index in [4.69, 9.17) is 11.6 Å². The van der Waals surface area contributed by atoms with Gasteiger partial charge >= 0.3 is 0 Å². The van der Waals surface area contributed by atoms with Crippen LogP contribution in [-0.4, -0.2) is 40.4 Å². The van der Waals surface area contributed by atoms with Crippen molar-refractivity contribution in [2.24, 2.45) is 7.05 Å². The van der Waals surface area contributed by atoms with E-state index in [2.05, 4.69) is 21.0 Å². The van der Waals surface area contributed by atoms with Crippen LogP contribution in [0.1, 0.15) is 25.7 Å². The molecule has 2 heterocycles. The normalized spacial score (nSPS) is 21.7. The molecule has 2 rings (SSSR count). The molecule has 0 radical (unpaired) electrons. The highest BCUT2D eigenvalue weighted by molar-refractivity contribution is 9.09. The molecule has 19 heavy (non-hydrogen) atoms. The third kappa shape index (κ3) is 2.99. The predicted molar refractivity (Wildman–Crippen MR) is 78.2 cm³/mol. The maximum Gasteiger partial charge on any atom is 0.261 e. The number of aromatic nitrogens is 2. The van der Waals surface area contributed by atoms with E-state index in [0.29, 0.717) is 6.54 Å². The zero-order chi connectivity index (χ0) is 14.0. The fraction of sp³-hybridized carbons (Fsp3) is 0.727. The summed E-state index contributed by atoms with van der Waals surface area (Å²) in [6.07, 6.45) is 5.06. The highest BCUT2D eigenvalue weighted by Gasteiger charge is 2.36. The summed E-state index contributed by atoms with van der Waals surface area (Å²) in [7, 11) is -1.97. The molecular weight excluding hydrogens is 354 g/mol. The van der Waals surface area contributed by atoms with Gasteiger partial charge in [-0.3, -0.25) is 4.68 Å². The molecule has 1 fully saturated rings. The van der Waals surface area contributed by atoms with Gasteiger partial charge in [0.05, 0.1) is 11.2 Å². The number of hydrogen-bond acceptors (Lipinski definition) is 3. The Balaban J connectivity index is 2.37. The van der Waals surface area contributed by atoms with E-state index in [0.717, 1.165) is 31.0 Å². The minimum Gasteiger partial charge on any atom is -0.255 e. The van der Waals surface area contributed by atoms with Crippen molar-refractivity contribution in [2.75, 3.05) is 11.9 Å². The molecule has 1 atom stereocenters. The molecule has 1 aromatic rings.